The van der Waals surface area contributed by atoms with E-state index >= 15 is 0 Å². The molecule has 0 aromatic heterocycles. The Morgan fingerprint density at radius 3 is 0.826 bits per heavy atom. The van der Waals surface area contributed by atoms with Crippen LogP contribution in [0.15, 0.2) is 194 Å². The predicted octanol–water partition coefficient (Wildman–Crippen LogP) is 12.2. The molecule has 0 unspecified atom stereocenters. The average molecular weight is 597 g/mol. The molecular weight excluding hydrogens is 564 g/mol. The van der Waals surface area contributed by atoms with E-state index in [0.717, 1.165) is 45.6 Å². The lowest BCUT2D eigenvalue weighted by atomic mass is 10.2. The molecule has 0 amide bonds. The van der Waals surface area contributed by atoms with Crippen LogP contribution in [0.4, 0.5) is 34.1 Å². The van der Waals surface area contributed by atoms with E-state index in [2.05, 4.69) is 82.6 Å². The van der Waals surface area contributed by atoms with Crippen LogP contribution in [-0.4, -0.2) is 0 Å². The van der Waals surface area contributed by atoms with E-state index in [0.29, 0.717) is 11.5 Å². The van der Waals surface area contributed by atoms with Crippen molar-refractivity contribution in [1.82, 2.24) is 0 Å². The van der Waals surface area contributed by atoms with Crippen LogP contribution >= 0.6 is 0 Å². The molecule has 0 atom stereocenters. The molecule has 0 spiro atoms. The Kier molecular flexibility index (Phi) is 8.42. The quantitative estimate of drug-likeness (QED) is 0.157. The van der Waals surface area contributed by atoms with Gasteiger partial charge in [0, 0.05) is 52.3 Å². The highest BCUT2D eigenvalue weighted by Gasteiger charge is 2.14. The van der Waals surface area contributed by atoms with Gasteiger partial charge in [0.15, 0.2) is 0 Å². The van der Waals surface area contributed by atoms with Crippen LogP contribution in [0, 0.1) is 0 Å². The molecule has 0 aliphatic rings. The zero-order valence-electron chi connectivity index (χ0n) is 25.2. The van der Waals surface area contributed by atoms with Gasteiger partial charge in [0.25, 0.3) is 0 Å². The molecule has 0 aliphatic carbocycles. The van der Waals surface area contributed by atoms with E-state index in [1.54, 1.807) is 0 Å². The van der Waals surface area contributed by atoms with E-state index in [1.807, 2.05) is 121 Å². The van der Waals surface area contributed by atoms with Crippen LogP contribution in [0.5, 0.6) is 23.0 Å². The summed E-state index contributed by atoms with van der Waals surface area (Å²) in [5.41, 5.74) is 6.28. The predicted molar refractivity (Wildman–Crippen MR) is 189 cm³/mol. The maximum absolute atomic E-state index is 6.38. The molecule has 7 aromatic carbocycles. The number of ether oxygens (including phenoxy) is 2. The first kappa shape index (κ1) is 28.5. The third-order valence-electron chi connectivity index (χ3n) is 7.49. The Morgan fingerprint density at radius 1 is 0.239 bits per heavy atom. The maximum Gasteiger partial charge on any atom is 0.131 e. The van der Waals surface area contributed by atoms with Crippen molar-refractivity contribution in [2.75, 3.05) is 9.80 Å². The van der Waals surface area contributed by atoms with E-state index in [-0.39, 0.29) is 0 Å². The monoisotopic (exact) mass is 596 g/mol. The highest BCUT2D eigenvalue weighted by atomic mass is 16.5. The minimum absolute atomic E-state index is 0.687. The summed E-state index contributed by atoms with van der Waals surface area (Å²) in [6.07, 6.45) is 0. The number of hydrogen-bond donors (Lipinski definition) is 0. The summed E-state index contributed by atoms with van der Waals surface area (Å²) in [6, 6.07) is 65.3. The molecule has 0 heterocycles. The summed E-state index contributed by atoms with van der Waals surface area (Å²) >= 11 is 0. The lowest BCUT2D eigenvalue weighted by Gasteiger charge is -2.26. The molecule has 0 N–H and O–H groups in total. The number of para-hydroxylation sites is 4. The maximum atomic E-state index is 6.38. The van der Waals surface area contributed by atoms with Crippen molar-refractivity contribution in [1.29, 1.82) is 0 Å². The molecule has 0 fully saturated rings. The lowest BCUT2D eigenvalue weighted by Crippen LogP contribution is -2.09. The van der Waals surface area contributed by atoms with E-state index in [9.17, 15) is 0 Å². The fourth-order valence-corrected chi connectivity index (χ4v) is 5.45. The van der Waals surface area contributed by atoms with Crippen LogP contribution in [0.2, 0.25) is 0 Å². The molecule has 4 heteroatoms. The van der Waals surface area contributed by atoms with Crippen LogP contribution in [0.25, 0.3) is 0 Å². The molecule has 222 valence electrons. The number of benzene rings is 7. The Morgan fingerprint density at radius 2 is 0.500 bits per heavy atom. The van der Waals surface area contributed by atoms with Crippen molar-refractivity contribution in [3.8, 4) is 23.0 Å². The third-order valence-corrected chi connectivity index (χ3v) is 7.49. The minimum Gasteiger partial charge on any atom is -0.457 e. The van der Waals surface area contributed by atoms with Gasteiger partial charge in [0.2, 0.25) is 0 Å². The molecule has 0 aliphatic heterocycles. The van der Waals surface area contributed by atoms with Crippen molar-refractivity contribution in [3.05, 3.63) is 194 Å². The fourth-order valence-electron chi connectivity index (χ4n) is 5.45. The Labute approximate surface area is 270 Å². The highest BCUT2D eigenvalue weighted by molar-refractivity contribution is 5.78. The molecule has 0 bridgehead atoms. The topological polar surface area (TPSA) is 24.9 Å². The molecule has 0 saturated heterocycles. The van der Waals surface area contributed by atoms with Crippen molar-refractivity contribution >= 4 is 34.1 Å². The van der Waals surface area contributed by atoms with Gasteiger partial charge in [-0.25, -0.2) is 0 Å². The Balaban J connectivity index is 1.13. The number of rotatable bonds is 10. The molecular formula is C42H32N2O2. The molecule has 0 saturated carbocycles. The van der Waals surface area contributed by atoms with Crippen LogP contribution < -0.4 is 19.3 Å². The van der Waals surface area contributed by atoms with Crippen molar-refractivity contribution in [2.24, 2.45) is 0 Å². The van der Waals surface area contributed by atoms with Crippen molar-refractivity contribution in [2.45, 2.75) is 0 Å². The minimum atomic E-state index is 0.687. The first-order valence-corrected chi connectivity index (χ1v) is 15.3. The SMILES string of the molecule is c1ccc(N(c2ccccc2)c2cccc(Oc3cccc(Oc4cccc(N(c5ccccc5)c5ccccc5)c4)c3)c2)cc1. The summed E-state index contributed by atoms with van der Waals surface area (Å²) in [5.74, 6) is 2.84. The standard InChI is InChI=1S/C42H32N2O2/c1-5-16-33(17-6-1)43(34-18-7-2-8-19-34)37-24-13-26-39(30-37)45-41-28-15-29-42(32-41)46-40-27-14-25-38(31-40)44(35-20-9-3-10-21-35)36-22-11-4-12-23-36/h1-32H. The molecule has 0 radical (unpaired) electrons. The van der Waals surface area contributed by atoms with Crippen LogP contribution in [-0.2, 0) is 0 Å². The first-order valence-electron chi connectivity index (χ1n) is 15.3. The van der Waals surface area contributed by atoms with Crippen molar-refractivity contribution < 1.29 is 9.47 Å². The second-order valence-corrected chi connectivity index (χ2v) is 10.7. The molecule has 7 rings (SSSR count). The Bertz CT molecular complexity index is 1780. The summed E-state index contributed by atoms with van der Waals surface area (Å²) in [7, 11) is 0. The second-order valence-electron chi connectivity index (χ2n) is 10.7. The van der Waals surface area contributed by atoms with Gasteiger partial charge in [-0.15, -0.1) is 0 Å². The smallest absolute Gasteiger partial charge is 0.131 e. The summed E-state index contributed by atoms with van der Waals surface area (Å²) in [6.45, 7) is 0. The molecule has 46 heavy (non-hydrogen) atoms. The summed E-state index contributed by atoms with van der Waals surface area (Å²) < 4.78 is 12.8. The second kappa shape index (κ2) is 13.6. The van der Waals surface area contributed by atoms with Gasteiger partial charge in [-0.05, 0) is 84.9 Å². The third kappa shape index (κ3) is 6.62. The largest absolute Gasteiger partial charge is 0.457 e. The lowest BCUT2D eigenvalue weighted by molar-refractivity contribution is 0.460. The van der Waals surface area contributed by atoms with Gasteiger partial charge in [0.05, 0.1) is 0 Å². The highest BCUT2D eigenvalue weighted by Crippen LogP contribution is 2.39. The van der Waals surface area contributed by atoms with Gasteiger partial charge in [-0.3, -0.25) is 0 Å². The number of nitrogens with zero attached hydrogens (tertiary/aromatic N) is 2. The normalized spacial score (nSPS) is 10.6. The van der Waals surface area contributed by atoms with Gasteiger partial charge in [-0.1, -0.05) is 91.0 Å². The van der Waals surface area contributed by atoms with Gasteiger partial charge >= 0.3 is 0 Å². The van der Waals surface area contributed by atoms with E-state index in [1.165, 1.54) is 0 Å². The summed E-state index contributed by atoms with van der Waals surface area (Å²) in [4.78, 5) is 4.43. The number of hydrogen-bond acceptors (Lipinski definition) is 4. The van der Waals surface area contributed by atoms with Gasteiger partial charge in [-0.2, -0.15) is 0 Å². The van der Waals surface area contributed by atoms with Crippen molar-refractivity contribution in [3.63, 3.8) is 0 Å². The molecule has 4 nitrogen and oxygen atoms in total. The zero-order chi connectivity index (χ0) is 31.0. The first-order chi connectivity index (χ1) is 22.8. The zero-order valence-corrected chi connectivity index (χ0v) is 25.2. The average Bonchev–Trinajstić information content (AvgIpc) is 3.11. The Hall–Kier alpha value is -6.26. The van der Waals surface area contributed by atoms with Gasteiger partial charge in [0.1, 0.15) is 23.0 Å². The molecule has 7 aromatic rings. The fraction of sp³-hybridized carbons (Fsp3) is 0. The number of anilines is 6. The van der Waals surface area contributed by atoms with Gasteiger partial charge < -0.3 is 19.3 Å². The van der Waals surface area contributed by atoms with E-state index in [4.69, 9.17) is 9.47 Å². The van der Waals surface area contributed by atoms with Crippen LogP contribution in [0.3, 0.4) is 0 Å². The summed E-state index contributed by atoms with van der Waals surface area (Å²) in [5, 5.41) is 0. The van der Waals surface area contributed by atoms with E-state index < -0.39 is 0 Å². The van der Waals surface area contributed by atoms with Crippen LogP contribution in [0.1, 0.15) is 0 Å².